The van der Waals surface area contributed by atoms with Crippen LogP contribution in [0.2, 0.25) is 0 Å². The normalized spacial score (nSPS) is 10.5. The van der Waals surface area contributed by atoms with Crippen LogP contribution in [-0.4, -0.2) is 13.1 Å². The number of carbonyl (C=O) groups is 1. The summed E-state index contributed by atoms with van der Waals surface area (Å²) in [5, 5.41) is 11.8. The number of fused-ring (bicyclic) bond motifs is 3. The second kappa shape index (κ2) is 4.38. The summed E-state index contributed by atoms with van der Waals surface area (Å²) in [7, 11) is 1.37. The van der Waals surface area contributed by atoms with E-state index in [0.29, 0.717) is 10.4 Å². The molecule has 0 radical (unpaired) electrons. The minimum atomic E-state index is -0.356. The summed E-state index contributed by atoms with van der Waals surface area (Å²) in [5.74, 6) is -0.356. The Labute approximate surface area is 113 Å². The van der Waals surface area contributed by atoms with E-state index in [2.05, 4.69) is 6.07 Å². The van der Waals surface area contributed by atoms with Crippen LogP contribution >= 0.6 is 11.3 Å². The number of hydrogen-bond acceptors (Lipinski definition) is 4. The Bertz CT molecular complexity index is 842. The molecule has 0 saturated heterocycles. The Morgan fingerprint density at radius 3 is 2.63 bits per heavy atom. The molecule has 0 aliphatic carbocycles. The predicted molar refractivity (Wildman–Crippen MR) is 75.4 cm³/mol. The summed E-state index contributed by atoms with van der Waals surface area (Å²) in [6.07, 6.45) is 0. The third-order valence-corrected chi connectivity index (χ3v) is 4.05. The Hall–Kier alpha value is -2.38. The molecule has 0 saturated carbocycles. The van der Waals surface area contributed by atoms with Crippen molar-refractivity contribution in [3.05, 3.63) is 46.8 Å². The van der Waals surface area contributed by atoms with E-state index in [0.717, 1.165) is 20.9 Å². The number of hydrogen-bond donors (Lipinski definition) is 0. The van der Waals surface area contributed by atoms with Crippen LogP contribution in [0.1, 0.15) is 15.2 Å². The van der Waals surface area contributed by atoms with Crippen molar-refractivity contribution in [1.82, 2.24) is 0 Å². The fourth-order valence-electron chi connectivity index (χ4n) is 2.22. The second-order valence-corrected chi connectivity index (χ2v) is 5.18. The molecule has 0 spiro atoms. The lowest BCUT2D eigenvalue weighted by molar-refractivity contribution is 0.0603. The second-order valence-electron chi connectivity index (χ2n) is 4.10. The maximum atomic E-state index is 11.9. The van der Waals surface area contributed by atoms with Crippen LogP contribution in [0.15, 0.2) is 36.4 Å². The monoisotopic (exact) mass is 267 g/mol. The molecule has 1 aromatic heterocycles. The first kappa shape index (κ1) is 11.7. The number of carbonyl (C=O) groups excluding carboxylic acids is 1. The van der Waals surface area contributed by atoms with Crippen molar-refractivity contribution in [3.8, 4) is 6.07 Å². The minimum Gasteiger partial charge on any atom is -0.465 e. The lowest BCUT2D eigenvalue weighted by Crippen LogP contribution is -2.01. The van der Waals surface area contributed by atoms with Crippen LogP contribution in [0.4, 0.5) is 0 Å². The Morgan fingerprint density at radius 2 is 1.95 bits per heavy atom. The van der Waals surface area contributed by atoms with E-state index in [1.807, 2.05) is 30.3 Å². The molecular weight excluding hydrogens is 258 g/mol. The lowest BCUT2D eigenvalue weighted by Gasteiger charge is -2.06. The van der Waals surface area contributed by atoms with Gasteiger partial charge in [0.2, 0.25) is 0 Å². The lowest BCUT2D eigenvalue weighted by atomic mass is 10.0. The molecule has 3 rings (SSSR count). The molecule has 0 amide bonds. The average Bonchev–Trinajstić information content (AvgIpc) is 2.89. The van der Waals surface area contributed by atoms with E-state index in [1.165, 1.54) is 18.4 Å². The van der Waals surface area contributed by atoms with Crippen LogP contribution in [-0.2, 0) is 4.74 Å². The molecule has 2 aromatic carbocycles. The Balaban J connectivity index is 2.48. The summed E-state index contributed by atoms with van der Waals surface area (Å²) < 4.78 is 5.75. The maximum absolute atomic E-state index is 11.9. The number of ether oxygens (including phenoxy) is 1. The predicted octanol–water partition coefficient (Wildman–Crippen LogP) is 3.71. The fourth-order valence-corrected chi connectivity index (χ4v) is 3.13. The van der Waals surface area contributed by atoms with Gasteiger partial charge in [0.05, 0.1) is 12.7 Å². The molecular formula is C15H9NO2S. The van der Waals surface area contributed by atoms with Crippen molar-refractivity contribution in [2.45, 2.75) is 0 Å². The van der Waals surface area contributed by atoms with Gasteiger partial charge in [0, 0.05) is 10.1 Å². The molecule has 0 atom stereocenters. The molecule has 4 heteroatoms. The molecule has 3 nitrogen and oxygen atoms in total. The number of nitriles is 1. The number of rotatable bonds is 1. The zero-order chi connectivity index (χ0) is 13.4. The molecule has 0 aliphatic heterocycles. The molecule has 19 heavy (non-hydrogen) atoms. The van der Waals surface area contributed by atoms with Crippen molar-refractivity contribution >= 4 is 38.2 Å². The highest BCUT2D eigenvalue weighted by atomic mass is 32.1. The van der Waals surface area contributed by atoms with Crippen LogP contribution in [0.5, 0.6) is 0 Å². The van der Waals surface area contributed by atoms with E-state index in [4.69, 9.17) is 10.00 Å². The van der Waals surface area contributed by atoms with Crippen LogP contribution in [0, 0.1) is 11.3 Å². The molecule has 0 N–H and O–H groups in total. The zero-order valence-corrected chi connectivity index (χ0v) is 11.0. The first-order valence-corrected chi connectivity index (χ1v) is 6.50. The highest BCUT2D eigenvalue weighted by Gasteiger charge is 2.14. The van der Waals surface area contributed by atoms with Gasteiger partial charge in [-0.1, -0.05) is 24.3 Å². The van der Waals surface area contributed by atoms with Gasteiger partial charge in [0.1, 0.15) is 10.9 Å². The van der Waals surface area contributed by atoms with E-state index < -0.39 is 0 Å². The number of methoxy groups -OCH3 is 1. The van der Waals surface area contributed by atoms with Gasteiger partial charge in [-0.05, 0) is 22.9 Å². The van der Waals surface area contributed by atoms with Crippen molar-refractivity contribution < 1.29 is 9.53 Å². The average molecular weight is 267 g/mol. The van der Waals surface area contributed by atoms with Gasteiger partial charge in [-0.2, -0.15) is 5.26 Å². The minimum absolute atomic E-state index is 0.356. The van der Waals surface area contributed by atoms with Gasteiger partial charge in [-0.25, -0.2) is 4.79 Å². The van der Waals surface area contributed by atoms with Crippen molar-refractivity contribution in [1.29, 1.82) is 5.26 Å². The molecule has 0 fully saturated rings. The highest BCUT2D eigenvalue weighted by Crippen LogP contribution is 2.34. The van der Waals surface area contributed by atoms with E-state index in [1.54, 1.807) is 6.07 Å². The Morgan fingerprint density at radius 1 is 1.21 bits per heavy atom. The van der Waals surface area contributed by atoms with Crippen molar-refractivity contribution in [2.75, 3.05) is 7.11 Å². The van der Waals surface area contributed by atoms with E-state index >= 15 is 0 Å². The van der Waals surface area contributed by atoms with Crippen LogP contribution < -0.4 is 0 Å². The van der Waals surface area contributed by atoms with Gasteiger partial charge in [-0.15, -0.1) is 11.3 Å². The van der Waals surface area contributed by atoms with E-state index in [-0.39, 0.29) is 5.97 Å². The number of thiophene rings is 1. The summed E-state index contributed by atoms with van der Waals surface area (Å²) in [5.41, 5.74) is 0.539. The third kappa shape index (κ3) is 1.76. The molecule has 0 unspecified atom stereocenters. The van der Waals surface area contributed by atoms with Gasteiger partial charge >= 0.3 is 5.97 Å². The van der Waals surface area contributed by atoms with Gasteiger partial charge in [-0.3, -0.25) is 0 Å². The highest BCUT2D eigenvalue weighted by molar-refractivity contribution is 7.19. The topological polar surface area (TPSA) is 50.1 Å². The molecule has 1 heterocycles. The first-order chi connectivity index (χ1) is 9.24. The first-order valence-electron chi connectivity index (χ1n) is 5.68. The van der Waals surface area contributed by atoms with Crippen molar-refractivity contribution in [2.24, 2.45) is 0 Å². The summed E-state index contributed by atoms with van der Waals surface area (Å²) in [6, 6.07) is 13.5. The number of benzene rings is 2. The summed E-state index contributed by atoms with van der Waals surface area (Å²) in [6.45, 7) is 0. The van der Waals surface area contributed by atoms with Gasteiger partial charge in [0.15, 0.2) is 0 Å². The molecule has 0 bridgehead atoms. The zero-order valence-electron chi connectivity index (χ0n) is 10.1. The maximum Gasteiger partial charge on any atom is 0.338 e. The summed E-state index contributed by atoms with van der Waals surface area (Å²) >= 11 is 1.39. The number of nitrogens with zero attached hydrogens (tertiary/aromatic N) is 1. The van der Waals surface area contributed by atoms with Gasteiger partial charge < -0.3 is 4.74 Å². The van der Waals surface area contributed by atoms with Crippen LogP contribution in [0.3, 0.4) is 0 Å². The van der Waals surface area contributed by atoms with Gasteiger partial charge in [0.25, 0.3) is 0 Å². The standard InChI is InChI=1S/C15H9NO2S/c1-18-15(17)13-7-14-12(6-9(8-16)19-14)10-4-2-3-5-11(10)13/h2-7H,1H3. The van der Waals surface area contributed by atoms with E-state index in [9.17, 15) is 4.79 Å². The third-order valence-electron chi connectivity index (χ3n) is 3.06. The quantitative estimate of drug-likeness (QED) is 0.631. The number of esters is 1. The largest absolute Gasteiger partial charge is 0.465 e. The van der Waals surface area contributed by atoms with Crippen LogP contribution in [0.25, 0.3) is 20.9 Å². The van der Waals surface area contributed by atoms with Crippen molar-refractivity contribution in [3.63, 3.8) is 0 Å². The molecule has 0 aliphatic rings. The summed E-state index contributed by atoms with van der Waals surface area (Å²) in [4.78, 5) is 12.5. The molecule has 3 aromatic rings. The fraction of sp³-hybridized carbons (Fsp3) is 0.0667. The Kier molecular flexibility index (Phi) is 2.69. The smallest absolute Gasteiger partial charge is 0.338 e. The SMILES string of the molecule is COC(=O)c1cc2sc(C#N)cc2c2ccccc12. The molecule has 92 valence electrons.